The van der Waals surface area contributed by atoms with E-state index >= 15 is 0 Å². The number of anilines is 2. The highest BCUT2D eigenvalue weighted by Crippen LogP contribution is 2.22. The van der Waals surface area contributed by atoms with Gasteiger partial charge in [0.1, 0.15) is 12.3 Å². The van der Waals surface area contributed by atoms with E-state index in [1.807, 2.05) is 0 Å². The van der Waals surface area contributed by atoms with Crippen LogP contribution in [0.1, 0.15) is 22.8 Å². The number of rotatable bonds is 8. The Labute approximate surface area is 170 Å². The molecule has 0 saturated carbocycles. The number of hydrogen-bond donors (Lipinski definition) is 1. The highest BCUT2D eigenvalue weighted by molar-refractivity contribution is 7.92. The van der Waals surface area contributed by atoms with Crippen molar-refractivity contribution in [3.05, 3.63) is 53.6 Å². The molecule has 0 spiro atoms. The van der Waals surface area contributed by atoms with Crippen LogP contribution in [0.15, 0.2) is 42.5 Å². The lowest BCUT2D eigenvalue weighted by atomic mass is 10.1. The van der Waals surface area contributed by atoms with Crippen molar-refractivity contribution in [2.75, 3.05) is 36.1 Å². The van der Waals surface area contributed by atoms with Crippen molar-refractivity contribution in [2.45, 2.75) is 13.8 Å². The molecule has 0 aliphatic rings. The Hall–Kier alpha value is -3.07. The minimum Gasteiger partial charge on any atom is -0.497 e. The van der Waals surface area contributed by atoms with Crippen LogP contribution in [0.5, 0.6) is 5.75 Å². The Bertz CT molecular complexity index is 987. The highest BCUT2D eigenvalue weighted by Gasteiger charge is 2.21. The van der Waals surface area contributed by atoms with Gasteiger partial charge >= 0.3 is 5.97 Å². The minimum absolute atomic E-state index is 0.236. The van der Waals surface area contributed by atoms with E-state index in [0.29, 0.717) is 22.7 Å². The van der Waals surface area contributed by atoms with Crippen LogP contribution in [0.2, 0.25) is 0 Å². The van der Waals surface area contributed by atoms with Crippen LogP contribution in [-0.4, -0.2) is 46.8 Å². The quantitative estimate of drug-likeness (QED) is 0.659. The normalized spacial score (nSPS) is 10.9. The van der Waals surface area contributed by atoms with Crippen LogP contribution in [0, 0.1) is 6.92 Å². The number of carbonyl (C=O) groups excluding carboxylic acids is 2. The predicted molar refractivity (Wildman–Crippen MR) is 111 cm³/mol. The van der Waals surface area contributed by atoms with Gasteiger partial charge in [-0.1, -0.05) is 6.07 Å². The van der Waals surface area contributed by atoms with E-state index in [1.54, 1.807) is 50.2 Å². The molecular formula is C20H24N2O6S. The van der Waals surface area contributed by atoms with Crippen LogP contribution in [0.25, 0.3) is 0 Å². The van der Waals surface area contributed by atoms with Crippen molar-refractivity contribution in [1.29, 1.82) is 0 Å². The number of hydrogen-bond acceptors (Lipinski definition) is 6. The third-order valence-corrected chi connectivity index (χ3v) is 5.21. The predicted octanol–water partition coefficient (Wildman–Crippen LogP) is 2.59. The topological polar surface area (TPSA) is 102 Å². The molecule has 9 heteroatoms. The number of sulfonamides is 1. The molecule has 2 aromatic rings. The maximum absolute atomic E-state index is 12.6. The average Bonchev–Trinajstić information content (AvgIpc) is 2.67. The lowest BCUT2D eigenvalue weighted by Crippen LogP contribution is -2.37. The number of carbonyl (C=O) groups is 2. The van der Waals surface area contributed by atoms with E-state index in [-0.39, 0.29) is 6.61 Å². The fraction of sp³-hybridized carbons (Fsp3) is 0.300. The number of esters is 1. The summed E-state index contributed by atoms with van der Waals surface area (Å²) in [5.74, 6) is -0.479. The summed E-state index contributed by atoms with van der Waals surface area (Å²) in [4.78, 5) is 24.5. The third kappa shape index (κ3) is 5.95. The van der Waals surface area contributed by atoms with Gasteiger partial charge in [0.05, 0.1) is 31.2 Å². The van der Waals surface area contributed by atoms with Gasteiger partial charge in [-0.05, 0) is 55.8 Å². The van der Waals surface area contributed by atoms with Crippen molar-refractivity contribution in [2.24, 2.45) is 0 Å². The average molecular weight is 420 g/mol. The highest BCUT2D eigenvalue weighted by atomic mass is 32.2. The van der Waals surface area contributed by atoms with Gasteiger partial charge in [-0.15, -0.1) is 0 Å². The Morgan fingerprint density at radius 1 is 1.10 bits per heavy atom. The minimum atomic E-state index is -3.71. The van der Waals surface area contributed by atoms with E-state index in [4.69, 9.17) is 9.47 Å². The second kappa shape index (κ2) is 9.42. The fourth-order valence-corrected chi connectivity index (χ4v) is 3.42. The summed E-state index contributed by atoms with van der Waals surface area (Å²) in [6.07, 6.45) is 1.02. The summed E-state index contributed by atoms with van der Waals surface area (Å²) < 4.78 is 35.4. The van der Waals surface area contributed by atoms with Gasteiger partial charge in [0.2, 0.25) is 15.9 Å². The lowest BCUT2D eigenvalue weighted by molar-refractivity contribution is -0.114. The third-order valence-electron chi connectivity index (χ3n) is 4.07. The maximum atomic E-state index is 12.6. The zero-order valence-corrected chi connectivity index (χ0v) is 17.6. The summed E-state index contributed by atoms with van der Waals surface area (Å²) in [6, 6.07) is 11.1. The van der Waals surface area contributed by atoms with Crippen molar-refractivity contribution in [1.82, 2.24) is 0 Å². The molecule has 0 bridgehead atoms. The largest absolute Gasteiger partial charge is 0.497 e. The van der Waals surface area contributed by atoms with Gasteiger partial charge < -0.3 is 14.8 Å². The first-order valence-corrected chi connectivity index (χ1v) is 10.7. The second-order valence-electron chi connectivity index (χ2n) is 6.27. The molecular weight excluding hydrogens is 396 g/mol. The zero-order chi connectivity index (χ0) is 21.6. The summed E-state index contributed by atoms with van der Waals surface area (Å²) in [5.41, 5.74) is 1.76. The first-order valence-electron chi connectivity index (χ1n) is 8.85. The molecule has 0 aromatic heterocycles. The van der Waals surface area contributed by atoms with Gasteiger partial charge in [-0.3, -0.25) is 9.10 Å². The number of ether oxygens (including phenoxy) is 2. The van der Waals surface area contributed by atoms with Crippen LogP contribution in [-0.2, 0) is 19.6 Å². The molecule has 0 aliphatic heterocycles. The zero-order valence-electron chi connectivity index (χ0n) is 16.8. The molecule has 156 valence electrons. The standard InChI is InChI=1S/C20H24N2O6S/c1-5-28-20(24)15-7-6-14(2)18(12-15)21-19(23)13-22(29(4,25)26)16-8-10-17(27-3)11-9-16/h6-12H,5,13H2,1-4H3,(H,21,23). The van der Waals surface area contributed by atoms with Crippen LogP contribution >= 0.6 is 0 Å². The number of nitrogens with one attached hydrogen (secondary N) is 1. The van der Waals surface area contributed by atoms with E-state index in [1.165, 1.54) is 13.2 Å². The monoisotopic (exact) mass is 420 g/mol. The van der Waals surface area contributed by atoms with Crippen LogP contribution in [0.4, 0.5) is 11.4 Å². The molecule has 0 atom stereocenters. The Kier molecular flexibility index (Phi) is 7.22. The van der Waals surface area contributed by atoms with E-state index in [9.17, 15) is 18.0 Å². The maximum Gasteiger partial charge on any atom is 0.338 e. The molecule has 0 fully saturated rings. The number of methoxy groups -OCH3 is 1. The first kappa shape index (κ1) is 22.2. The van der Waals surface area contributed by atoms with Gasteiger partial charge in [0.25, 0.3) is 0 Å². The van der Waals surface area contributed by atoms with Crippen molar-refractivity contribution < 1.29 is 27.5 Å². The number of aryl methyl sites for hydroxylation is 1. The summed E-state index contributed by atoms with van der Waals surface area (Å²) >= 11 is 0. The number of nitrogens with zero attached hydrogens (tertiary/aromatic N) is 1. The Morgan fingerprint density at radius 3 is 2.31 bits per heavy atom. The second-order valence-corrected chi connectivity index (χ2v) is 8.17. The Morgan fingerprint density at radius 2 is 1.76 bits per heavy atom. The van der Waals surface area contributed by atoms with Gasteiger partial charge in [-0.25, -0.2) is 13.2 Å². The van der Waals surface area contributed by atoms with Crippen molar-refractivity contribution in [3.8, 4) is 5.75 Å². The fourth-order valence-electron chi connectivity index (χ4n) is 2.57. The molecule has 1 amide bonds. The van der Waals surface area contributed by atoms with Gasteiger partial charge in [0, 0.05) is 5.69 Å². The van der Waals surface area contributed by atoms with E-state index in [2.05, 4.69) is 5.32 Å². The van der Waals surface area contributed by atoms with E-state index < -0.39 is 28.4 Å². The molecule has 0 radical (unpaired) electrons. The SMILES string of the molecule is CCOC(=O)c1ccc(C)c(NC(=O)CN(c2ccc(OC)cc2)S(C)(=O)=O)c1. The van der Waals surface area contributed by atoms with Crippen molar-refractivity contribution in [3.63, 3.8) is 0 Å². The molecule has 1 N–H and O–H groups in total. The van der Waals surface area contributed by atoms with Crippen LogP contribution in [0.3, 0.4) is 0 Å². The summed E-state index contributed by atoms with van der Waals surface area (Å²) in [5, 5.41) is 2.66. The molecule has 29 heavy (non-hydrogen) atoms. The lowest BCUT2D eigenvalue weighted by Gasteiger charge is -2.22. The summed E-state index contributed by atoms with van der Waals surface area (Å²) in [7, 11) is -2.20. The molecule has 0 saturated heterocycles. The molecule has 0 heterocycles. The van der Waals surface area contributed by atoms with E-state index in [0.717, 1.165) is 16.1 Å². The first-order chi connectivity index (χ1) is 13.7. The Balaban J connectivity index is 2.22. The van der Waals surface area contributed by atoms with Crippen LogP contribution < -0.4 is 14.4 Å². The molecule has 2 rings (SSSR count). The van der Waals surface area contributed by atoms with Crippen molar-refractivity contribution >= 4 is 33.3 Å². The molecule has 8 nitrogen and oxygen atoms in total. The number of amides is 1. The number of benzene rings is 2. The molecule has 2 aromatic carbocycles. The molecule has 0 unspecified atom stereocenters. The van der Waals surface area contributed by atoms with Gasteiger partial charge in [-0.2, -0.15) is 0 Å². The van der Waals surface area contributed by atoms with Gasteiger partial charge in [0.15, 0.2) is 0 Å². The smallest absolute Gasteiger partial charge is 0.338 e. The molecule has 0 aliphatic carbocycles. The summed E-state index contributed by atoms with van der Waals surface area (Å²) in [6.45, 7) is 3.28.